The summed E-state index contributed by atoms with van der Waals surface area (Å²) >= 11 is 3.44. The Morgan fingerprint density at radius 2 is 2.00 bits per heavy atom. The van der Waals surface area contributed by atoms with Gasteiger partial charge in [-0.2, -0.15) is 0 Å². The predicted molar refractivity (Wildman–Crippen MR) is 92.7 cm³/mol. The van der Waals surface area contributed by atoms with Crippen LogP contribution in [0.4, 0.5) is 4.39 Å². The molecule has 1 heterocycles. The van der Waals surface area contributed by atoms with E-state index in [-0.39, 0.29) is 18.2 Å². The molecule has 1 aliphatic rings. The average molecular weight is 380 g/mol. The Morgan fingerprint density at radius 1 is 1.29 bits per heavy atom. The van der Waals surface area contributed by atoms with Crippen LogP contribution in [0.3, 0.4) is 0 Å². The molecule has 1 atom stereocenters. The van der Waals surface area contributed by atoms with Crippen molar-refractivity contribution in [3.05, 3.63) is 34.1 Å². The molecule has 21 heavy (non-hydrogen) atoms. The lowest BCUT2D eigenvalue weighted by Gasteiger charge is -2.36. The largest absolute Gasteiger partial charge is 0.314 e. The van der Waals surface area contributed by atoms with E-state index >= 15 is 0 Å². The molecular weight excluding hydrogens is 355 g/mol. The van der Waals surface area contributed by atoms with Crippen LogP contribution in [-0.2, 0) is 0 Å². The molecule has 2 rings (SSSR count). The highest BCUT2D eigenvalue weighted by Gasteiger charge is 2.24. The summed E-state index contributed by atoms with van der Waals surface area (Å²) in [7, 11) is 0. The maximum Gasteiger partial charge on any atom is 0.137 e. The highest BCUT2D eigenvalue weighted by molar-refractivity contribution is 9.10. The van der Waals surface area contributed by atoms with Crippen LogP contribution < -0.4 is 5.32 Å². The lowest BCUT2D eigenvalue weighted by molar-refractivity contribution is 0.162. The summed E-state index contributed by atoms with van der Waals surface area (Å²) in [5.41, 5.74) is 1.10. The van der Waals surface area contributed by atoms with Crippen LogP contribution >= 0.6 is 28.3 Å². The summed E-state index contributed by atoms with van der Waals surface area (Å²) in [6.45, 7) is 6.35. The number of hydrogen-bond acceptors (Lipinski definition) is 2. The number of nitrogens with one attached hydrogen (secondary N) is 1. The standard InChI is InChI=1S/C16H24BrFN2.ClH/c1-2-3-4-8-15(20-11-9-19-10-12-20)13-6-5-7-14(18)16(13)17;/h5-7,15,19H,2-4,8-12H2,1H3;1H/t15-;/m1./s1. The topological polar surface area (TPSA) is 15.3 Å². The fraction of sp³-hybridized carbons (Fsp3) is 0.625. The van der Waals surface area contributed by atoms with Crippen LogP contribution in [0.25, 0.3) is 0 Å². The highest BCUT2D eigenvalue weighted by Crippen LogP contribution is 2.33. The van der Waals surface area contributed by atoms with E-state index in [2.05, 4.69) is 39.1 Å². The molecule has 1 saturated heterocycles. The fourth-order valence-corrected chi connectivity index (χ4v) is 3.42. The predicted octanol–water partition coefficient (Wildman–Crippen LogP) is 4.54. The Hall–Kier alpha value is -0.160. The number of rotatable bonds is 6. The molecule has 1 aromatic rings. The number of nitrogens with zero attached hydrogens (tertiary/aromatic N) is 1. The van der Waals surface area contributed by atoms with Gasteiger partial charge in [0.25, 0.3) is 0 Å². The minimum atomic E-state index is -0.155. The zero-order valence-corrected chi connectivity index (χ0v) is 15.0. The maximum atomic E-state index is 13.8. The molecule has 0 bridgehead atoms. The van der Waals surface area contributed by atoms with E-state index in [1.165, 1.54) is 25.3 Å². The summed E-state index contributed by atoms with van der Waals surface area (Å²) in [4.78, 5) is 2.49. The maximum absolute atomic E-state index is 13.8. The molecule has 0 saturated carbocycles. The molecule has 5 heteroatoms. The van der Waals surface area contributed by atoms with Gasteiger partial charge in [-0.05, 0) is 34.0 Å². The molecule has 2 nitrogen and oxygen atoms in total. The highest BCUT2D eigenvalue weighted by atomic mass is 79.9. The van der Waals surface area contributed by atoms with E-state index in [0.29, 0.717) is 10.5 Å². The first-order valence-electron chi connectivity index (χ1n) is 7.62. The molecule has 1 aliphatic heterocycles. The van der Waals surface area contributed by atoms with E-state index in [1.54, 1.807) is 0 Å². The Bertz CT molecular complexity index is 425. The molecule has 120 valence electrons. The molecule has 0 unspecified atom stereocenters. The van der Waals surface area contributed by atoms with Gasteiger partial charge in [0.1, 0.15) is 5.82 Å². The van der Waals surface area contributed by atoms with Gasteiger partial charge >= 0.3 is 0 Å². The smallest absolute Gasteiger partial charge is 0.137 e. The number of hydrogen-bond donors (Lipinski definition) is 1. The van der Waals surface area contributed by atoms with Crippen molar-refractivity contribution in [2.24, 2.45) is 0 Å². The van der Waals surface area contributed by atoms with E-state index in [1.807, 2.05) is 6.07 Å². The number of unbranched alkanes of at least 4 members (excludes halogenated alkanes) is 2. The third kappa shape index (κ3) is 5.20. The zero-order chi connectivity index (χ0) is 14.4. The first kappa shape index (κ1) is 18.9. The van der Waals surface area contributed by atoms with Gasteiger partial charge < -0.3 is 5.32 Å². The second kappa shape index (κ2) is 9.78. The van der Waals surface area contributed by atoms with Gasteiger partial charge in [-0.3, -0.25) is 4.90 Å². The summed E-state index contributed by atoms with van der Waals surface area (Å²) in [5, 5.41) is 3.39. The van der Waals surface area contributed by atoms with E-state index < -0.39 is 0 Å². The molecule has 0 aliphatic carbocycles. The molecular formula is C16H25BrClFN2. The number of piperazine rings is 1. The van der Waals surface area contributed by atoms with Gasteiger partial charge in [-0.1, -0.05) is 38.3 Å². The summed E-state index contributed by atoms with van der Waals surface area (Å²) in [6, 6.07) is 5.73. The lowest BCUT2D eigenvalue weighted by Crippen LogP contribution is -2.45. The third-order valence-electron chi connectivity index (χ3n) is 4.01. The number of benzene rings is 1. The van der Waals surface area contributed by atoms with Gasteiger partial charge in [-0.25, -0.2) is 4.39 Å². The second-order valence-corrected chi connectivity index (χ2v) is 6.23. The van der Waals surface area contributed by atoms with Gasteiger partial charge in [0.2, 0.25) is 0 Å². The van der Waals surface area contributed by atoms with Crippen molar-refractivity contribution in [1.29, 1.82) is 0 Å². The molecule has 0 radical (unpaired) electrons. The van der Waals surface area contributed by atoms with Gasteiger partial charge in [0.05, 0.1) is 4.47 Å². The van der Waals surface area contributed by atoms with Crippen LogP contribution in [0.5, 0.6) is 0 Å². The van der Waals surface area contributed by atoms with Crippen LogP contribution in [0.15, 0.2) is 22.7 Å². The number of halogens is 3. The normalized spacial score (nSPS) is 17.3. The SMILES string of the molecule is CCCCC[C@H](c1cccc(F)c1Br)N1CCNCC1.Cl. The quantitative estimate of drug-likeness (QED) is 0.730. The molecule has 1 aromatic carbocycles. The average Bonchev–Trinajstić information content (AvgIpc) is 2.48. The Labute approximate surface area is 142 Å². The van der Waals surface area contributed by atoms with Crippen LogP contribution in [-0.4, -0.2) is 31.1 Å². The van der Waals surface area contributed by atoms with Crippen LogP contribution in [0.1, 0.15) is 44.2 Å². The van der Waals surface area contributed by atoms with Crippen LogP contribution in [0.2, 0.25) is 0 Å². The van der Waals surface area contributed by atoms with E-state index in [0.717, 1.165) is 38.2 Å². The minimum absolute atomic E-state index is 0. The molecule has 1 fully saturated rings. The minimum Gasteiger partial charge on any atom is -0.314 e. The summed E-state index contributed by atoms with van der Waals surface area (Å²) in [6.07, 6.45) is 4.78. The molecule has 0 aromatic heterocycles. The van der Waals surface area contributed by atoms with Crippen LogP contribution in [0, 0.1) is 5.82 Å². The fourth-order valence-electron chi connectivity index (χ4n) is 2.89. The van der Waals surface area contributed by atoms with Crippen molar-refractivity contribution < 1.29 is 4.39 Å². The van der Waals surface area contributed by atoms with Crippen molar-refractivity contribution in [3.63, 3.8) is 0 Å². The van der Waals surface area contributed by atoms with Gasteiger partial charge in [0, 0.05) is 32.2 Å². The van der Waals surface area contributed by atoms with Gasteiger partial charge in [-0.15, -0.1) is 12.4 Å². The van der Waals surface area contributed by atoms with E-state index in [4.69, 9.17) is 0 Å². The van der Waals surface area contributed by atoms with Crippen molar-refractivity contribution in [1.82, 2.24) is 10.2 Å². The van der Waals surface area contributed by atoms with Crippen molar-refractivity contribution in [2.45, 2.75) is 38.6 Å². The van der Waals surface area contributed by atoms with Crippen molar-refractivity contribution in [3.8, 4) is 0 Å². The Kier molecular flexibility index (Phi) is 8.79. The van der Waals surface area contributed by atoms with Crippen molar-refractivity contribution >= 4 is 28.3 Å². The van der Waals surface area contributed by atoms with Gasteiger partial charge in [0.15, 0.2) is 0 Å². The zero-order valence-electron chi connectivity index (χ0n) is 12.6. The van der Waals surface area contributed by atoms with Crippen molar-refractivity contribution in [2.75, 3.05) is 26.2 Å². The molecule has 0 spiro atoms. The summed E-state index contributed by atoms with van der Waals surface area (Å²) < 4.78 is 14.5. The molecule has 1 N–H and O–H groups in total. The first-order chi connectivity index (χ1) is 9.74. The monoisotopic (exact) mass is 378 g/mol. The Balaban J connectivity index is 0.00000220. The lowest BCUT2D eigenvalue weighted by atomic mass is 9.98. The Morgan fingerprint density at radius 3 is 2.67 bits per heavy atom. The third-order valence-corrected chi connectivity index (χ3v) is 4.85. The first-order valence-corrected chi connectivity index (χ1v) is 8.42. The van der Waals surface area contributed by atoms with E-state index in [9.17, 15) is 4.39 Å². The molecule has 0 amide bonds. The summed E-state index contributed by atoms with van der Waals surface area (Å²) in [5.74, 6) is -0.155. The second-order valence-electron chi connectivity index (χ2n) is 5.44.